The third-order valence-electron chi connectivity index (χ3n) is 5.58. The van der Waals surface area contributed by atoms with Crippen molar-refractivity contribution in [3.05, 3.63) is 64.1 Å². The van der Waals surface area contributed by atoms with Crippen molar-refractivity contribution < 1.29 is 19.1 Å². The maximum atomic E-state index is 12.6. The van der Waals surface area contributed by atoms with Gasteiger partial charge in [0, 0.05) is 48.3 Å². The molecule has 0 aliphatic carbocycles. The Bertz CT molecular complexity index is 973. The highest BCUT2D eigenvalue weighted by Crippen LogP contribution is 2.27. The van der Waals surface area contributed by atoms with Crippen molar-refractivity contribution in [2.75, 3.05) is 37.7 Å². The molecule has 0 bridgehead atoms. The Kier molecular flexibility index (Phi) is 6.67. The second kappa shape index (κ2) is 9.62. The van der Waals surface area contributed by atoms with Crippen molar-refractivity contribution in [2.24, 2.45) is 5.92 Å². The Balaban J connectivity index is 1.30. The van der Waals surface area contributed by atoms with Crippen LogP contribution in [0.15, 0.2) is 53.0 Å². The molecule has 7 nitrogen and oxygen atoms in total. The highest BCUT2D eigenvalue weighted by Gasteiger charge is 2.35. The van der Waals surface area contributed by atoms with E-state index in [1.54, 1.807) is 21.9 Å². The summed E-state index contributed by atoms with van der Waals surface area (Å²) in [4.78, 5) is 41.0. The van der Waals surface area contributed by atoms with Crippen molar-refractivity contribution in [2.45, 2.75) is 13.0 Å². The van der Waals surface area contributed by atoms with Crippen molar-refractivity contribution in [3.8, 4) is 0 Å². The van der Waals surface area contributed by atoms with Crippen LogP contribution in [0.25, 0.3) is 0 Å². The fraction of sp³-hybridized carbons (Fsp3) is 0.348. The van der Waals surface area contributed by atoms with Gasteiger partial charge >= 0.3 is 0 Å². The predicted molar refractivity (Wildman–Crippen MR) is 120 cm³/mol. The van der Waals surface area contributed by atoms with E-state index in [0.717, 1.165) is 15.7 Å². The molecule has 2 saturated heterocycles. The maximum absolute atomic E-state index is 12.6. The number of nitrogens with zero attached hydrogens (tertiary/aromatic N) is 2. The summed E-state index contributed by atoms with van der Waals surface area (Å²) in [6, 6.07) is 14.8. The zero-order valence-electron chi connectivity index (χ0n) is 17.1. The zero-order chi connectivity index (χ0) is 21.8. The largest absolute Gasteiger partial charge is 0.378 e. The normalized spacial score (nSPS) is 18.9. The molecule has 2 fully saturated rings. The van der Waals surface area contributed by atoms with Crippen LogP contribution in [0.5, 0.6) is 0 Å². The molecule has 2 aromatic carbocycles. The number of ether oxygens (including phenoxy) is 1. The Labute approximate surface area is 189 Å². The SMILES string of the molecule is O=C(NCc1ccc(C(=O)N2CCOCC2)cc1)C1CC(=O)N(c2cccc(Br)c2)C1. The standard InChI is InChI=1S/C23H24BrN3O4/c24-19-2-1-3-20(13-19)27-15-18(12-21(27)28)22(29)25-14-16-4-6-17(7-5-16)23(30)26-8-10-31-11-9-26/h1-7,13,18H,8-12,14-15H2,(H,25,29). The van der Waals surface area contributed by atoms with E-state index >= 15 is 0 Å². The number of nitrogens with one attached hydrogen (secondary N) is 1. The molecule has 1 unspecified atom stereocenters. The molecule has 31 heavy (non-hydrogen) atoms. The molecule has 0 spiro atoms. The molecule has 1 atom stereocenters. The minimum atomic E-state index is -0.381. The summed E-state index contributed by atoms with van der Waals surface area (Å²) in [7, 11) is 0. The van der Waals surface area contributed by atoms with Gasteiger partial charge in [-0.3, -0.25) is 14.4 Å². The van der Waals surface area contributed by atoms with Crippen LogP contribution in [0.1, 0.15) is 22.3 Å². The average Bonchev–Trinajstić information content (AvgIpc) is 3.19. The lowest BCUT2D eigenvalue weighted by Crippen LogP contribution is -2.40. The van der Waals surface area contributed by atoms with E-state index in [1.165, 1.54) is 0 Å². The third kappa shape index (κ3) is 5.14. The molecular weight excluding hydrogens is 462 g/mol. The van der Waals surface area contributed by atoms with Crippen LogP contribution in [0.2, 0.25) is 0 Å². The number of halogens is 1. The number of hydrogen-bond donors (Lipinski definition) is 1. The van der Waals surface area contributed by atoms with Crippen LogP contribution in [-0.2, 0) is 20.9 Å². The van der Waals surface area contributed by atoms with E-state index in [0.29, 0.717) is 45.0 Å². The molecule has 0 aromatic heterocycles. The Morgan fingerprint density at radius 3 is 2.55 bits per heavy atom. The number of anilines is 1. The van der Waals surface area contributed by atoms with Crippen molar-refractivity contribution in [1.82, 2.24) is 10.2 Å². The summed E-state index contributed by atoms with van der Waals surface area (Å²) in [5.41, 5.74) is 2.32. The van der Waals surface area contributed by atoms with Crippen LogP contribution < -0.4 is 10.2 Å². The predicted octanol–water partition coefficient (Wildman–Crippen LogP) is 2.59. The third-order valence-corrected chi connectivity index (χ3v) is 6.07. The van der Waals surface area contributed by atoms with Gasteiger partial charge in [-0.15, -0.1) is 0 Å². The molecule has 3 amide bonds. The lowest BCUT2D eigenvalue weighted by molar-refractivity contribution is -0.126. The van der Waals surface area contributed by atoms with Gasteiger partial charge in [-0.05, 0) is 35.9 Å². The Hall–Kier alpha value is -2.71. The molecule has 0 saturated carbocycles. The number of amides is 3. The zero-order valence-corrected chi connectivity index (χ0v) is 18.6. The van der Waals surface area contributed by atoms with Crippen LogP contribution >= 0.6 is 15.9 Å². The second-order valence-corrected chi connectivity index (χ2v) is 8.62. The maximum Gasteiger partial charge on any atom is 0.254 e. The van der Waals surface area contributed by atoms with E-state index in [9.17, 15) is 14.4 Å². The van der Waals surface area contributed by atoms with Crippen molar-refractivity contribution in [1.29, 1.82) is 0 Å². The van der Waals surface area contributed by atoms with Gasteiger partial charge in [0.05, 0.1) is 19.1 Å². The first-order chi connectivity index (χ1) is 15.0. The summed E-state index contributed by atoms with van der Waals surface area (Å²) in [6.07, 6.45) is 0.200. The Morgan fingerprint density at radius 1 is 1.10 bits per heavy atom. The molecule has 2 aliphatic rings. The molecule has 4 rings (SSSR count). The summed E-state index contributed by atoms with van der Waals surface area (Å²) < 4.78 is 6.17. The highest BCUT2D eigenvalue weighted by molar-refractivity contribution is 9.10. The van der Waals surface area contributed by atoms with E-state index in [-0.39, 0.29) is 30.1 Å². The van der Waals surface area contributed by atoms with E-state index < -0.39 is 0 Å². The fourth-order valence-electron chi connectivity index (χ4n) is 3.82. The molecular formula is C23H24BrN3O4. The summed E-state index contributed by atoms with van der Waals surface area (Å²) in [5, 5.41) is 2.92. The van der Waals surface area contributed by atoms with Crippen LogP contribution in [0.4, 0.5) is 5.69 Å². The average molecular weight is 486 g/mol. The first-order valence-electron chi connectivity index (χ1n) is 10.3. The van der Waals surface area contributed by atoms with E-state index in [4.69, 9.17) is 4.74 Å². The topological polar surface area (TPSA) is 79.0 Å². The summed E-state index contributed by atoms with van der Waals surface area (Å²) in [6.45, 7) is 3.07. The molecule has 162 valence electrons. The highest BCUT2D eigenvalue weighted by atomic mass is 79.9. The van der Waals surface area contributed by atoms with Gasteiger partial charge in [-0.25, -0.2) is 0 Å². The van der Waals surface area contributed by atoms with Crippen molar-refractivity contribution in [3.63, 3.8) is 0 Å². The minimum absolute atomic E-state index is 0.00371. The van der Waals surface area contributed by atoms with Gasteiger partial charge in [-0.1, -0.05) is 34.1 Å². The minimum Gasteiger partial charge on any atom is -0.378 e. The lowest BCUT2D eigenvalue weighted by atomic mass is 10.1. The molecule has 1 N–H and O–H groups in total. The number of morpholine rings is 1. The van der Waals surface area contributed by atoms with Crippen molar-refractivity contribution >= 4 is 39.3 Å². The van der Waals surface area contributed by atoms with E-state index in [1.807, 2.05) is 36.4 Å². The van der Waals surface area contributed by atoms with E-state index in [2.05, 4.69) is 21.2 Å². The number of carbonyl (C=O) groups excluding carboxylic acids is 3. The first-order valence-corrected chi connectivity index (χ1v) is 11.1. The van der Waals surface area contributed by atoms with Crippen LogP contribution in [0.3, 0.4) is 0 Å². The van der Waals surface area contributed by atoms with Gasteiger partial charge < -0.3 is 19.9 Å². The Morgan fingerprint density at radius 2 is 1.84 bits per heavy atom. The molecule has 2 aromatic rings. The quantitative estimate of drug-likeness (QED) is 0.705. The number of rotatable bonds is 5. The molecule has 0 radical (unpaired) electrons. The first kappa shape index (κ1) is 21.5. The summed E-state index contributed by atoms with van der Waals surface area (Å²) in [5.74, 6) is -0.576. The number of benzene rings is 2. The van der Waals surface area contributed by atoms with Gasteiger partial charge in [0.1, 0.15) is 0 Å². The van der Waals surface area contributed by atoms with Crippen LogP contribution in [-0.4, -0.2) is 55.5 Å². The van der Waals surface area contributed by atoms with Crippen LogP contribution in [0, 0.1) is 5.92 Å². The second-order valence-electron chi connectivity index (χ2n) is 7.70. The lowest BCUT2D eigenvalue weighted by Gasteiger charge is -2.26. The monoisotopic (exact) mass is 485 g/mol. The molecule has 2 aliphatic heterocycles. The number of carbonyl (C=O) groups is 3. The fourth-order valence-corrected chi connectivity index (χ4v) is 4.21. The molecule has 2 heterocycles. The van der Waals surface area contributed by atoms with Gasteiger partial charge in [-0.2, -0.15) is 0 Å². The van der Waals surface area contributed by atoms with Gasteiger partial charge in [0.25, 0.3) is 5.91 Å². The van der Waals surface area contributed by atoms with Gasteiger partial charge in [0.2, 0.25) is 11.8 Å². The smallest absolute Gasteiger partial charge is 0.254 e. The number of hydrogen-bond acceptors (Lipinski definition) is 4. The summed E-state index contributed by atoms with van der Waals surface area (Å²) >= 11 is 3.41. The molecule has 8 heteroatoms. The van der Waals surface area contributed by atoms with Gasteiger partial charge in [0.15, 0.2) is 0 Å².